The molecule has 0 radical (unpaired) electrons. The van der Waals surface area contributed by atoms with Crippen LogP contribution in [0.1, 0.15) is 28.7 Å². The number of ether oxygens (including phenoxy) is 2. The third-order valence-electron chi connectivity index (χ3n) is 2.61. The maximum absolute atomic E-state index is 11.5. The maximum atomic E-state index is 11.5. The number of nitrogens with zero attached hydrogens (tertiary/aromatic N) is 1. The zero-order valence-corrected chi connectivity index (χ0v) is 11.1. The van der Waals surface area contributed by atoms with Gasteiger partial charge in [0.1, 0.15) is 18.1 Å². The van der Waals surface area contributed by atoms with Gasteiger partial charge in [-0.05, 0) is 26.0 Å². The molecule has 0 N–H and O–H groups in total. The van der Waals surface area contributed by atoms with Crippen LogP contribution < -0.4 is 9.47 Å². The van der Waals surface area contributed by atoms with E-state index in [9.17, 15) is 4.79 Å². The lowest BCUT2D eigenvalue weighted by Gasteiger charge is -2.10. The molecule has 1 heterocycles. The van der Waals surface area contributed by atoms with Crippen molar-refractivity contribution < 1.29 is 18.8 Å². The lowest BCUT2D eigenvalue weighted by Crippen LogP contribution is -2.01. The highest BCUT2D eigenvalue weighted by Crippen LogP contribution is 2.26. The number of aryl methyl sites for hydroxylation is 1. The maximum Gasteiger partial charge on any atom is 0.174 e. The Labute approximate surface area is 111 Å². The Hall–Kier alpha value is -2.30. The first-order valence-electron chi connectivity index (χ1n) is 5.84. The highest BCUT2D eigenvalue weighted by Gasteiger charge is 2.11. The number of rotatable bonds is 5. The fraction of sp³-hybridized carbons (Fsp3) is 0.286. The quantitative estimate of drug-likeness (QED) is 0.774. The third-order valence-corrected chi connectivity index (χ3v) is 2.61. The van der Waals surface area contributed by atoms with Crippen molar-refractivity contribution in [3.05, 3.63) is 41.3 Å². The Bertz CT molecular complexity index is 589. The second-order valence-corrected chi connectivity index (χ2v) is 4.14. The van der Waals surface area contributed by atoms with E-state index in [0.717, 1.165) is 5.69 Å². The first-order valence-corrected chi connectivity index (χ1v) is 5.84. The van der Waals surface area contributed by atoms with Crippen molar-refractivity contribution in [2.24, 2.45) is 0 Å². The lowest BCUT2D eigenvalue weighted by atomic mass is 10.1. The molecular weight excluding hydrogens is 246 g/mol. The van der Waals surface area contributed by atoms with Crippen molar-refractivity contribution in [1.82, 2.24) is 5.16 Å². The van der Waals surface area contributed by atoms with Crippen molar-refractivity contribution in [1.29, 1.82) is 0 Å². The predicted octanol–water partition coefficient (Wildman–Crippen LogP) is 2.77. The number of carbonyl (C=O) groups is 1. The molecule has 0 aliphatic rings. The van der Waals surface area contributed by atoms with Crippen molar-refractivity contribution in [3.8, 4) is 11.5 Å². The highest BCUT2D eigenvalue weighted by atomic mass is 16.5. The van der Waals surface area contributed by atoms with Crippen LogP contribution in [0.15, 0.2) is 28.8 Å². The average molecular weight is 261 g/mol. The van der Waals surface area contributed by atoms with E-state index in [1.807, 2.05) is 6.92 Å². The fourth-order valence-electron chi connectivity index (χ4n) is 1.67. The van der Waals surface area contributed by atoms with Gasteiger partial charge in [0, 0.05) is 12.1 Å². The van der Waals surface area contributed by atoms with Crippen LogP contribution in [0.2, 0.25) is 0 Å². The molecule has 1 aromatic carbocycles. The lowest BCUT2D eigenvalue weighted by molar-refractivity contribution is 0.101. The van der Waals surface area contributed by atoms with Crippen LogP contribution in [0.5, 0.6) is 11.5 Å². The zero-order valence-electron chi connectivity index (χ0n) is 11.1. The van der Waals surface area contributed by atoms with Crippen molar-refractivity contribution in [2.45, 2.75) is 20.5 Å². The summed E-state index contributed by atoms with van der Waals surface area (Å²) in [7, 11) is 1.56. The topological polar surface area (TPSA) is 61.6 Å². The Kier molecular flexibility index (Phi) is 3.85. The molecule has 0 saturated carbocycles. The summed E-state index contributed by atoms with van der Waals surface area (Å²) in [5, 5.41) is 3.77. The minimum atomic E-state index is -0.0635. The van der Waals surface area contributed by atoms with E-state index in [0.29, 0.717) is 22.8 Å². The van der Waals surface area contributed by atoms with Gasteiger partial charge in [-0.25, -0.2) is 0 Å². The van der Waals surface area contributed by atoms with Gasteiger partial charge < -0.3 is 14.0 Å². The standard InChI is InChI=1S/C14H15NO4/c1-9-6-12(19-15-9)8-18-14-7-11(17-3)4-5-13(14)10(2)16/h4-7H,8H2,1-3H3. The number of benzene rings is 1. The average Bonchev–Trinajstić information content (AvgIpc) is 2.81. The van der Waals surface area contributed by atoms with E-state index in [1.165, 1.54) is 6.92 Å². The molecule has 0 amide bonds. The normalized spacial score (nSPS) is 10.3. The summed E-state index contributed by atoms with van der Waals surface area (Å²) in [6.07, 6.45) is 0. The number of ketones is 1. The number of carbonyl (C=O) groups excluding carboxylic acids is 1. The van der Waals surface area contributed by atoms with E-state index < -0.39 is 0 Å². The largest absolute Gasteiger partial charge is 0.497 e. The molecule has 0 aliphatic heterocycles. The fourth-order valence-corrected chi connectivity index (χ4v) is 1.67. The third kappa shape index (κ3) is 3.13. The van der Waals surface area contributed by atoms with Crippen LogP contribution in [-0.2, 0) is 6.61 Å². The molecule has 5 heteroatoms. The van der Waals surface area contributed by atoms with E-state index in [1.54, 1.807) is 31.4 Å². The van der Waals surface area contributed by atoms with Gasteiger partial charge in [-0.1, -0.05) is 5.16 Å². The monoisotopic (exact) mass is 261 g/mol. The van der Waals surface area contributed by atoms with Gasteiger partial charge in [-0.3, -0.25) is 4.79 Å². The molecule has 0 unspecified atom stereocenters. The summed E-state index contributed by atoms with van der Waals surface area (Å²) in [5.41, 5.74) is 1.30. The molecule has 0 aliphatic carbocycles. The van der Waals surface area contributed by atoms with Gasteiger partial charge in [0.2, 0.25) is 0 Å². The van der Waals surface area contributed by atoms with Crippen LogP contribution in [0.3, 0.4) is 0 Å². The molecule has 100 valence electrons. The molecule has 0 bridgehead atoms. The molecular formula is C14H15NO4. The second kappa shape index (κ2) is 5.56. The SMILES string of the molecule is COc1ccc(C(C)=O)c(OCc2cc(C)no2)c1. The Morgan fingerprint density at radius 2 is 2.16 bits per heavy atom. The Morgan fingerprint density at radius 3 is 2.74 bits per heavy atom. The number of hydrogen-bond acceptors (Lipinski definition) is 5. The first-order chi connectivity index (χ1) is 9.10. The van der Waals surface area contributed by atoms with Gasteiger partial charge >= 0.3 is 0 Å². The van der Waals surface area contributed by atoms with E-state index in [4.69, 9.17) is 14.0 Å². The minimum Gasteiger partial charge on any atom is -0.497 e. The molecule has 0 spiro atoms. The summed E-state index contributed by atoms with van der Waals surface area (Å²) in [6.45, 7) is 3.54. The number of methoxy groups -OCH3 is 1. The van der Waals surface area contributed by atoms with Gasteiger partial charge in [-0.15, -0.1) is 0 Å². The van der Waals surface area contributed by atoms with Crippen LogP contribution in [0.25, 0.3) is 0 Å². The number of Topliss-reactive ketones (excluding diaryl/α,β-unsaturated/α-hetero) is 1. The Balaban J connectivity index is 2.19. The summed E-state index contributed by atoms with van der Waals surface area (Å²) in [5.74, 6) is 1.65. The van der Waals surface area contributed by atoms with Crippen molar-refractivity contribution >= 4 is 5.78 Å². The van der Waals surface area contributed by atoms with Crippen LogP contribution in [-0.4, -0.2) is 18.0 Å². The second-order valence-electron chi connectivity index (χ2n) is 4.14. The molecule has 0 atom stereocenters. The molecule has 0 saturated heterocycles. The summed E-state index contributed by atoms with van der Waals surface area (Å²) < 4.78 is 15.8. The zero-order chi connectivity index (χ0) is 13.8. The van der Waals surface area contributed by atoms with Crippen LogP contribution in [0.4, 0.5) is 0 Å². The van der Waals surface area contributed by atoms with Crippen LogP contribution >= 0.6 is 0 Å². The summed E-state index contributed by atoms with van der Waals surface area (Å²) in [6, 6.07) is 6.87. The van der Waals surface area contributed by atoms with Gasteiger partial charge in [-0.2, -0.15) is 0 Å². The molecule has 5 nitrogen and oxygen atoms in total. The summed E-state index contributed by atoms with van der Waals surface area (Å²) in [4.78, 5) is 11.5. The molecule has 19 heavy (non-hydrogen) atoms. The number of aromatic nitrogens is 1. The van der Waals surface area contributed by atoms with E-state index in [2.05, 4.69) is 5.16 Å². The first kappa shape index (κ1) is 13.1. The predicted molar refractivity (Wildman–Crippen MR) is 68.6 cm³/mol. The highest BCUT2D eigenvalue weighted by molar-refractivity contribution is 5.97. The van der Waals surface area contributed by atoms with Gasteiger partial charge in [0.15, 0.2) is 11.5 Å². The molecule has 0 fully saturated rings. The molecule has 2 rings (SSSR count). The van der Waals surface area contributed by atoms with E-state index >= 15 is 0 Å². The smallest absolute Gasteiger partial charge is 0.174 e. The minimum absolute atomic E-state index is 0.0635. The Morgan fingerprint density at radius 1 is 1.37 bits per heavy atom. The van der Waals surface area contributed by atoms with Gasteiger partial charge in [0.25, 0.3) is 0 Å². The van der Waals surface area contributed by atoms with Crippen molar-refractivity contribution in [2.75, 3.05) is 7.11 Å². The van der Waals surface area contributed by atoms with E-state index in [-0.39, 0.29) is 12.4 Å². The molecule has 2 aromatic rings. The number of hydrogen-bond donors (Lipinski definition) is 0. The van der Waals surface area contributed by atoms with Crippen molar-refractivity contribution in [3.63, 3.8) is 0 Å². The van der Waals surface area contributed by atoms with Crippen LogP contribution in [0, 0.1) is 6.92 Å². The molecule has 1 aromatic heterocycles. The summed E-state index contributed by atoms with van der Waals surface area (Å²) >= 11 is 0. The van der Waals surface area contributed by atoms with Gasteiger partial charge in [0.05, 0.1) is 18.4 Å².